The quantitative estimate of drug-likeness (QED) is 0.728. The van der Waals surface area contributed by atoms with E-state index in [1.54, 1.807) is 12.1 Å². The Morgan fingerprint density at radius 1 is 0.960 bits per heavy atom. The first-order chi connectivity index (χ1) is 11.8. The minimum absolute atomic E-state index is 0.321. The summed E-state index contributed by atoms with van der Waals surface area (Å²) >= 11 is 0. The smallest absolute Gasteiger partial charge is 0.240 e. The van der Waals surface area contributed by atoms with Gasteiger partial charge < -0.3 is 4.98 Å². The van der Waals surface area contributed by atoms with E-state index in [-0.39, 0.29) is 0 Å². The number of H-pyrrole nitrogens is 1. The third-order valence-corrected chi connectivity index (χ3v) is 6.19. The van der Waals surface area contributed by atoms with Gasteiger partial charge in [-0.3, -0.25) is 0 Å². The molecule has 0 atom stereocenters. The third kappa shape index (κ3) is 3.62. The Morgan fingerprint density at radius 3 is 2.44 bits per heavy atom. The molecule has 0 bridgehead atoms. The van der Waals surface area contributed by atoms with Crippen LogP contribution in [0.3, 0.4) is 0 Å². The Bertz CT molecular complexity index is 1030. The van der Waals surface area contributed by atoms with Crippen LogP contribution < -0.4 is 4.72 Å². The fraction of sp³-hybridized carbons (Fsp3) is 0.300. The number of benzene rings is 2. The van der Waals surface area contributed by atoms with Crippen molar-refractivity contribution in [3.05, 3.63) is 64.3 Å². The van der Waals surface area contributed by atoms with Crippen LogP contribution in [0.5, 0.6) is 0 Å². The highest BCUT2D eigenvalue weighted by atomic mass is 32.2. The highest BCUT2D eigenvalue weighted by molar-refractivity contribution is 7.89. The van der Waals surface area contributed by atoms with Gasteiger partial charge in [-0.05, 0) is 75.1 Å². The van der Waals surface area contributed by atoms with Gasteiger partial charge >= 0.3 is 0 Å². The van der Waals surface area contributed by atoms with Crippen molar-refractivity contribution >= 4 is 20.9 Å². The Labute approximate surface area is 149 Å². The van der Waals surface area contributed by atoms with Crippen LogP contribution in [-0.4, -0.2) is 19.9 Å². The number of nitrogens with one attached hydrogen (secondary N) is 2. The van der Waals surface area contributed by atoms with Gasteiger partial charge in [-0.1, -0.05) is 17.7 Å². The molecule has 0 saturated heterocycles. The lowest BCUT2D eigenvalue weighted by atomic mass is 10.1. The van der Waals surface area contributed by atoms with Crippen molar-refractivity contribution in [3.8, 4) is 0 Å². The maximum Gasteiger partial charge on any atom is 0.240 e. The lowest BCUT2D eigenvalue weighted by molar-refractivity contribution is 0.581. The molecule has 3 aromatic rings. The van der Waals surface area contributed by atoms with Crippen LogP contribution in [-0.2, 0) is 16.4 Å². The first-order valence-electron chi connectivity index (χ1n) is 8.42. The van der Waals surface area contributed by atoms with Gasteiger partial charge in [0.1, 0.15) is 0 Å². The van der Waals surface area contributed by atoms with E-state index < -0.39 is 10.0 Å². The summed E-state index contributed by atoms with van der Waals surface area (Å²) in [5, 5.41) is 1.17. The molecule has 0 aliphatic heterocycles. The molecule has 0 radical (unpaired) electrons. The van der Waals surface area contributed by atoms with E-state index in [9.17, 15) is 8.42 Å². The molecule has 3 rings (SSSR count). The highest BCUT2D eigenvalue weighted by Crippen LogP contribution is 2.23. The summed E-state index contributed by atoms with van der Waals surface area (Å²) < 4.78 is 27.7. The zero-order valence-corrected chi connectivity index (χ0v) is 15.9. The van der Waals surface area contributed by atoms with Gasteiger partial charge in [0.15, 0.2) is 0 Å². The molecular formula is C20H24N2O2S. The Hall–Kier alpha value is -2.11. The van der Waals surface area contributed by atoms with Crippen LogP contribution in [0.1, 0.15) is 27.9 Å². The minimum atomic E-state index is -3.49. The van der Waals surface area contributed by atoms with E-state index in [1.807, 2.05) is 26.8 Å². The predicted octanol–water partition coefficient (Wildman–Crippen LogP) is 3.92. The lowest BCUT2D eigenvalue weighted by Gasteiger charge is -2.09. The molecule has 5 heteroatoms. The molecule has 1 aromatic heterocycles. The highest BCUT2D eigenvalue weighted by Gasteiger charge is 2.15. The van der Waals surface area contributed by atoms with E-state index in [1.165, 1.54) is 16.5 Å². The fourth-order valence-electron chi connectivity index (χ4n) is 3.09. The lowest BCUT2D eigenvalue weighted by Crippen LogP contribution is -2.26. The summed E-state index contributed by atoms with van der Waals surface area (Å²) in [5.74, 6) is 0. The second-order valence-electron chi connectivity index (χ2n) is 6.67. The van der Waals surface area contributed by atoms with Crippen molar-refractivity contribution in [1.82, 2.24) is 9.71 Å². The largest absolute Gasteiger partial charge is 0.358 e. The molecule has 2 aromatic carbocycles. The third-order valence-electron chi connectivity index (χ3n) is 4.73. The first-order valence-corrected chi connectivity index (χ1v) is 9.91. The van der Waals surface area contributed by atoms with Gasteiger partial charge in [0.25, 0.3) is 0 Å². The van der Waals surface area contributed by atoms with Crippen LogP contribution in [0, 0.1) is 27.7 Å². The molecule has 0 fully saturated rings. The second-order valence-corrected chi connectivity index (χ2v) is 8.44. The van der Waals surface area contributed by atoms with Crippen molar-refractivity contribution in [2.24, 2.45) is 0 Å². The number of sulfonamides is 1. The summed E-state index contributed by atoms with van der Waals surface area (Å²) in [6.07, 6.45) is 0.652. The van der Waals surface area contributed by atoms with Crippen molar-refractivity contribution in [2.75, 3.05) is 6.54 Å². The van der Waals surface area contributed by atoms with Crippen molar-refractivity contribution in [2.45, 2.75) is 39.0 Å². The molecule has 25 heavy (non-hydrogen) atoms. The number of rotatable bonds is 5. The van der Waals surface area contributed by atoms with Crippen molar-refractivity contribution in [3.63, 3.8) is 0 Å². The first kappa shape index (κ1) is 17.7. The van der Waals surface area contributed by atoms with Crippen LogP contribution in [0.2, 0.25) is 0 Å². The van der Waals surface area contributed by atoms with Gasteiger partial charge in [-0.25, -0.2) is 13.1 Å². The SMILES string of the molecule is Cc1ccc2[nH]c(C)c(CCNS(=O)(=O)c3ccc(C)c(C)c3)c2c1. The number of fused-ring (bicyclic) bond motifs is 1. The van der Waals surface area contributed by atoms with Crippen molar-refractivity contribution < 1.29 is 8.42 Å². The number of hydrogen-bond acceptors (Lipinski definition) is 2. The van der Waals surface area contributed by atoms with Crippen LogP contribution in [0.4, 0.5) is 0 Å². The molecule has 2 N–H and O–H groups in total. The summed E-state index contributed by atoms with van der Waals surface area (Å²) in [7, 11) is -3.49. The summed E-state index contributed by atoms with van der Waals surface area (Å²) in [4.78, 5) is 3.69. The average Bonchev–Trinajstić information content (AvgIpc) is 2.85. The normalized spacial score (nSPS) is 12.0. The van der Waals surface area contributed by atoms with Gasteiger partial charge in [-0.15, -0.1) is 0 Å². The monoisotopic (exact) mass is 356 g/mol. The summed E-state index contributed by atoms with van der Waals surface area (Å²) in [6.45, 7) is 8.36. The van der Waals surface area contributed by atoms with E-state index in [2.05, 4.69) is 34.8 Å². The molecule has 0 amide bonds. The molecule has 4 nitrogen and oxygen atoms in total. The molecule has 0 unspecified atom stereocenters. The molecule has 0 aliphatic rings. The minimum Gasteiger partial charge on any atom is -0.358 e. The molecule has 0 saturated carbocycles. The van der Waals surface area contributed by atoms with E-state index in [4.69, 9.17) is 0 Å². The van der Waals surface area contributed by atoms with Gasteiger partial charge in [0, 0.05) is 23.1 Å². The summed E-state index contributed by atoms with van der Waals surface area (Å²) in [5.41, 5.74) is 6.61. The van der Waals surface area contributed by atoms with Crippen LogP contribution >= 0.6 is 0 Å². The number of aromatic amines is 1. The van der Waals surface area contributed by atoms with Crippen molar-refractivity contribution in [1.29, 1.82) is 0 Å². The topological polar surface area (TPSA) is 62.0 Å². The summed E-state index contributed by atoms with van der Waals surface area (Å²) in [6, 6.07) is 11.5. The molecule has 1 heterocycles. The van der Waals surface area contributed by atoms with E-state index >= 15 is 0 Å². The Balaban J connectivity index is 1.77. The van der Waals surface area contributed by atoms with Crippen LogP contribution in [0.15, 0.2) is 41.3 Å². The van der Waals surface area contributed by atoms with Gasteiger partial charge in [0.05, 0.1) is 4.90 Å². The number of aryl methyl sites for hydroxylation is 4. The van der Waals surface area contributed by atoms with E-state index in [0.717, 1.165) is 22.3 Å². The standard InChI is InChI=1S/C20H24N2O2S/c1-13-5-8-20-19(11-13)18(16(4)22-20)9-10-21-25(23,24)17-7-6-14(2)15(3)12-17/h5-8,11-12,21-22H,9-10H2,1-4H3. The second kappa shape index (κ2) is 6.65. The van der Waals surface area contributed by atoms with Gasteiger partial charge in [-0.2, -0.15) is 0 Å². The zero-order chi connectivity index (χ0) is 18.2. The molecular weight excluding hydrogens is 332 g/mol. The Morgan fingerprint density at radius 2 is 1.72 bits per heavy atom. The van der Waals surface area contributed by atoms with Gasteiger partial charge in [0.2, 0.25) is 10.0 Å². The Kier molecular flexibility index (Phi) is 4.71. The fourth-order valence-corrected chi connectivity index (χ4v) is 4.21. The average molecular weight is 356 g/mol. The molecule has 0 spiro atoms. The zero-order valence-electron chi connectivity index (χ0n) is 15.1. The maximum absolute atomic E-state index is 12.5. The van der Waals surface area contributed by atoms with Crippen LogP contribution in [0.25, 0.3) is 10.9 Å². The maximum atomic E-state index is 12.5. The molecule has 132 valence electrons. The number of hydrogen-bond donors (Lipinski definition) is 2. The predicted molar refractivity (Wildman–Crippen MR) is 103 cm³/mol. The van der Waals surface area contributed by atoms with E-state index in [0.29, 0.717) is 17.9 Å². The molecule has 0 aliphatic carbocycles. The number of aromatic nitrogens is 1.